The summed E-state index contributed by atoms with van der Waals surface area (Å²) < 4.78 is 4.06. The number of thiophene rings is 2. The molecule has 2 heterocycles. The fourth-order valence-corrected chi connectivity index (χ4v) is 8.72. The Labute approximate surface area is 239 Å². The Morgan fingerprint density at radius 2 is 0.950 bits per heavy atom. The van der Waals surface area contributed by atoms with Gasteiger partial charge < -0.3 is 0 Å². The summed E-state index contributed by atoms with van der Waals surface area (Å²) in [7, 11) is 0. The van der Waals surface area contributed by atoms with E-state index in [4.69, 9.17) is 0 Å². The van der Waals surface area contributed by atoms with Crippen LogP contribution in [0, 0.1) is 0 Å². The van der Waals surface area contributed by atoms with Crippen molar-refractivity contribution in [3.8, 4) is 21.6 Å². The van der Waals surface area contributed by atoms with Crippen molar-refractivity contribution in [3.05, 3.63) is 133 Å². The van der Waals surface area contributed by atoms with Gasteiger partial charge >= 0.3 is 0 Å². The second-order valence-corrected chi connectivity index (χ2v) is 12.7. The molecule has 186 valence electrons. The van der Waals surface area contributed by atoms with Crippen molar-refractivity contribution in [2.24, 2.45) is 0 Å². The number of rotatable bonds is 2. The summed E-state index contributed by atoms with van der Waals surface area (Å²) in [5.74, 6) is 0. The minimum atomic E-state index is 1.26. The standard InChI is InChI=1S/C38H22S2/c1-2-10-24-19-25(18-17-23(24)9-1)37-28-12-3-5-14-30(28)38(31-15-6-4-13-29(31)37)36-21-26-20-35-32(22-34(26)40-36)27-11-7-8-16-33(27)39-35/h1-22H. The number of fused-ring (bicyclic) bond motifs is 7. The lowest BCUT2D eigenvalue weighted by molar-refractivity contribution is 1.70. The van der Waals surface area contributed by atoms with Crippen LogP contribution in [0.5, 0.6) is 0 Å². The summed E-state index contributed by atoms with van der Waals surface area (Å²) in [6, 6.07) is 49.4. The van der Waals surface area contributed by atoms with E-state index in [9.17, 15) is 0 Å². The summed E-state index contributed by atoms with van der Waals surface area (Å²) in [6.45, 7) is 0. The van der Waals surface area contributed by atoms with E-state index in [0.717, 1.165) is 0 Å². The fourth-order valence-electron chi connectivity index (χ4n) is 6.43. The van der Waals surface area contributed by atoms with Gasteiger partial charge in [-0.2, -0.15) is 0 Å². The smallest absolute Gasteiger partial charge is 0.0367 e. The molecule has 0 saturated heterocycles. The molecule has 0 aliphatic rings. The van der Waals surface area contributed by atoms with E-state index in [2.05, 4.69) is 133 Å². The first-order chi connectivity index (χ1) is 19.8. The third-order valence-corrected chi connectivity index (χ3v) is 10.5. The number of hydrogen-bond acceptors (Lipinski definition) is 2. The van der Waals surface area contributed by atoms with E-state index in [-0.39, 0.29) is 0 Å². The average Bonchev–Trinajstić information content (AvgIpc) is 3.58. The zero-order valence-corrected chi connectivity index (χ0v) is 23.2. The van der Waals surface area contributed by atoms with Crippen molar-refractivity contribution in [1.82, 2.24) is 0 Å². The highest BCUT2D eigenvalue weighted by atomic mass is 32.1. The normalized spacial score (nSPS) is 12.0. The topological polar surface area (TPSA) is 0 Å². The van der Waals surface area contributed by atoms with Crippen LogP contribution in [0.1, 0.15) is 0 Å². The second-order valence-electron chi connectivity index (χ2n) is 10.5. The van der Waals surface area contributed by atoms with Crippen LogP contribution in [0.15, 0.2) is 133 Å². The van der Waals surface area contributed by atoms with Crippen LogP contribution in [0.2, 0.25) is 0 Å². The summed E-state index contributed by atoms with van der Waals surface area (Å²) in [6.07, 6.45) is 0. The van der Waals surface area contributed by atoms with Gasteiger partial charge in [0.15, 0.2) is 0 Å². The van der Waals surface area contributed by atoms with Gasteiger partial charge in [0.2, 0.25) is 0 Å². The Balaban J connectivity index is 1.35. The van der Waals surface area contributed by atoms with Crippen LogP contribution in [0.4, 0.5) is 0 Å². The monoisotopic (exact) mass is 542 g/mol. The van der Waals surface area contributed by atoms with Crippen molar-refractivity contribution in [2.45, 2.75) is 0 Å². The SMILES string of the molecule is c1ccc2cc(-c3c4ccccc4c(-c4cc5cc6sc7ccccc7c6cc5s4)c4ccccc34)ccc2c1. The quantitative estimate of drug-likeness (QED) is 0.191. The lowest BCUT2D eigenvalue weighted by Gasteiger charge is -2.17. The molecular formula is C38H22S2. The summed E-state index contributed by atoms with van der Waals surface area (Å²) in [4.78, 5) is 1.33. The van der Waals surface area contributed by atoms with Crippen molar-refractivity contribution in [1.29, 1.82) is 0 Å². The molecule has 40 heavy (non-hydrogen) atoms. The molecule has 0 N–H and O–H groups in total. The van der Waals surface area contributed by atoms with Crippen LogP contribution in [-0.4, -0.2) is 0 Å². The Bertz CT molecular complexity index is 2380. The van der Waals surface area contributed by atoms with Gasteiger partial charge in [-0.15, -0.1) is 22.7 Å². The number of hydrogen-bond donors (Lipinski definition) is 0. The highest BCUT2D eigenvalue weighted by molar-refractivity contribution is 7.26. The molecule has 7 aromatic carbocycles. The maximum atomic E-state index is 2.41. The Morgan fingerprint density at radius 3 is 1.70 bits per heavy atom. The van der Waals surface area contributed by atoms with E-state index in [1.165, 1.54) is 84.1 Å². The molecule has 0 radical (unpaired) electrons. The van der Waals surface area contributed by atoms with E-state index in [0.29, 0.717) is 0 Å². The zero-order chi connectivity index (χ0) is 26.2. The molecule has 9 rings (SSSR count). The van der Waals surface area contributed by atoms with E-state index in [1.807, 2.05) is 22.7 Å². The van der Waals surface area contributed by atoms with Crippen LogP contribution < -0.4 is 0 Å². The zero-order valence-electron chi connectivity index (χ0n) is 21.5. The third kappa shape index (κ3) is 3.24. The fraction of sp³-hybridized carbons (Fsp3) is 0. The summed E-state index contributed by atoms with van der Waals surface area (Å²) >= 11 is 3.81. The Hall–Kier alpha value is -4.50. The minimum Gasteiger partial charge on any atom is -0.135 e. The van der Waals surface area contributed by atoms with Gasteiger partial charge in [0.1, 0.15) is 0 Å². The van der Waals surface area contributed by atoms with Gasteiger partial charge in [-0.05, 0) is 79.2 Å². The molecule has 0 nitrogen and oxygen atoms in total. The lowest BCUT2D eigenvalue weighted by atomic mass is 9.87. The molecule has 9 aromatic rings. The molecule has 2 aromatic heterocycles. The van der Waals surface area contributed by atoms with Crippen LogP contribution in [0.3, 0.4) is 0 Å². The van der Waals surface area contributed by atoms with Crippen molar-refractivity contribution >= 4 is 85.2 Å². The molecule has 0 atom stereocenters. The molecule has 2 heteroatoms. The Kier molecular flexibility index (Phi) is 4.74. The maximum Gasteiger partial charge on any atom is 0.0367 e. The molecule has 0 aliphatic carbocycles. The lowest BCUT2D eigenvalue weighted by Crippen LogP contribution is -1.89. The van der Waals surface area contributed by atoms with Crippen molar-refractivity contribution in [3.63, 3.8) is 0 Å². The molecule has 0 aliphatic heterocycles. The molecular weight excluding hydrogens is 521 g/mol. The summed E-state index contributed by atoms with van der Waals surface area (Å²) in [5.41, 5.74) is 3.92. The van der Waals surface area contributed by atoms with Crippen LogP contribution in [0.25, 0.3) is 84.1 Å². The van der Waals surface area contributed by atoms with Gasteiger partial charge in [-0.25, -0.2) is 0 Å². The van der Waals surface area contributed by atoms with E-state index >= 15 is 0 Å². The first-order valence-corrected chi connectivity index (χ1v) is 15.2. The van der Waals surface area contributed by atoms with Gasteiger partial charge in [-0.1, -0.05) is 103 Å². The average molecular weight is 543 g/mol. The van der Waals surface area contributed by atoms with Crippen LogP contribution >= 0.6 is 22.7 Å². The minimum absolute atomic E-state index is 1.26. The molecule has 0 bridgehead atoms. The number of benzene rings is 7. The van der Waals surface area contributed by atoms with E-state index < -0.39 is 0 Å². The molecule has 0 spiro atoms. The van der Waals surface area contributed by atoms with E-state index in [1.54, 1.807) is 0 Å². The first-order valence-electron chi connectivity index (χ1n) is 13.6. The van der Waals surface area contributed by atoms with Gasteiger partial charge in [0, 0.05) is 35.3 Å². The Morgan fingerprint density at radius 1 is 0.325 bits per heavy atom. The van der Waals surface area contributed by atoms with Gasteiger partial charge in [0.25, 0.3) is 0 Å². The predicted octanol–water partition coefficient (Wildman–Crippen LogP) is 12.1. The summed E-state index contributed by atoms with van der Waals surface area (Å²) in [5, 5.41) is 11.8. The first kappa shape index (κ1) is 22.3. The van der Waals surface area contributed by atoms with Crippen molar-refractivity contribution in [2.75, 3.05) is 0 Å². The second kappa shape index (κ2) is 8.50. The molecule has 0 amide bonds. The van der Waals surface area contributed by atoms with Crippen molar-refractivity contribution < 1.29 is 0 Å². The predicted molar refractivity (Wildman–Crippen MR) is 178 cm³/mol. The third-order valence-electron chi connectivity index (χ3n) is 8.23. The van der Waals surface area contributed by atoms with Crippen LogP contribution in [-0.2, 0) is 0 Å². The molecule has 0 unspecified atom stereocenters. The molecule has 0 fully saturated rings. The van der Waals surface area contributed by atoms with Gasteiger partial charge in [0.05, 0.1) is 0 Å². The maximum absolute atomic E-state index is 2.41. The highest BCUT2D eigenvalue weighted by Crippen LogP contribution is 2.47. The van der Waals surface area contributed by atoms with Gasteiger partial charge in [-0.3, -0.25) is 0 Å². The highest BCUT2D eigenvalue weighted by Gasteiger charge is 2.18. The largest absolute Gasteiger partial charge is 0.135 e. The molecule has 0 saturated carbocycles.